The maximum Gasteiger partial charge on any atom is 0.235 e. The molecule has 0 N–H and O–H groups in total. The van der Waals surface area contributed by atoms with Crippen molar-refractivity contribution in [1.82, 2.24) is 0 Å². The Balaban J connectivity index is 2.36. The molecule has 1 aromatic carbocycles. The minimum absolute atomic E-state index is 0.218. The third-order valence-corrected chi connectivity index (χ3v) is 2.18. The van der Waals surface area contributed by atoms with Crippen molar-refractivity contribution in [2.45, 2.75) is 6.42 Å². The fourth-order valence-corrected chi connectivity index (χ4v) is 1.49. The van der Waals surface area contributed by atoms with Gasteiger partial charge in [-0.25, -0.2) is 4.39 Å². The molecule has 4 nitrogen and oxygen atoms in total. The quantitative estimate of drug-likeness (QED) is 0.553. The van der Waals surface area contributed by atoms with E-state index in [9.17, 15) is 14.5 Å². The van der Waals surface area contributed by atoms with Crippen LogP contribution in [-0.4, -0.2) is 11.5 Å². The molecule has 2 rings (SSSR count). The molecule has 1 aliphatic rings. The molecule has 1 aromatic rings. The van der Waals surface area contributed by atoms with Gasteiger partial charge in [-0.2, -0.15) is 0 Å². The number of nitrogens with zero attached hydrogens (tertiary/aromatic N) is 1. The molecule has 0 fully saturated rings. The standard InChI is InChI=1S/C10H8FNO3/c11-9-6-10-8(2-4-15-10)5-7(9)1-3-12(13)14/h1,3,5-6H,2,4H2. The predicted molar refractivity (Wildman–Crippen MR) is 51.6 cm³/mol. The lowest BCUT2D eigenvalue weighted by atomic mass is 10.1. The molecule has 0 bridgehead atoms. The fraction of sp³-hybridized carbons (Fsp3) is 0.200. The number of fused-ring (bicyclic) bond motifs is 1. The maximum atomic E-state index is 13.3. The summed E-state index contributed by atoms with van der Waals surface area (Å²) < 4.78 is 18.5. The van der Waals surface area contributed by atoms with E-state index in [0.29, 0.717) is 12.4 Å². The van der Waals surface area contributed by atoms with Crippen molar-refractivity contribution >= 4 is 6.08 Å². The van der Waals surface area contributed by atoms with E-state index in [1.807, 2.05) is 0 Å². The Morgan fingerprint density at radius 2 is 2.33 bits per heavy atom. The summed E-state index contributed by atoms with van der Waals surface area (Å²) in [6.45, 7) is 0.539. The minimum atomic E-state index is -0.622. The molecule has 0 spiro atoms. The molecule has 0 aliphatic carbocycles. The van der Waals surface area contributed by atoms with Gasteiger partial charge >= 0.3 is 0 Å². The van der Waals surface area contributed by atoms with E-state index in [0.717, 1.165) is 24.3 Å². The number of nitro groups is 1. The van der Waals surface area contributed by atoms with E-state index in [2.05, 4.69) is 0 Å². The van der Waals surface area contributed by atoms with Crippen LogP contribution in [-0.2, 0) is 6.42 Å². The molecule has 0 radical (unpaired) electrons. The Kier molecular flexibility index (Phi) is 2.37. The summed E-state index contributed by atoms with van der Waals surface area (Å²) in [5.74, 6) is 0.0273. The number of halogens is 1. The molecule has 1 aliphatic heterocycles. The first-order valence-electron chi connectivity index (χ1n) is 4.44. The fourth-order valence-electron chi connectivity index (χ4n) is 1.49. The van der Waals surface area contributed by atoms with Crippen LogP contribution in [0.4, 0.5) is 4.39 Å². The zero-order valence-electron chi connectivity index (χ0n) is 7.77. The van der Waals surface area contributed by atoms with Crippen LogP contribution in [0.1, 0.15) is 11.1 Å². The number of rotatable bonds is 2. The van der Waals surface area contributed by atoms with Crippen molar-refractivity contribution in [1.29, 1.82) is 0 Å². The maximum absolute atomic E-state index is 13.3. The lowest BCUT2D eigenvalue weighted by Gasteiger charge is -2.01. The van der Waals surface area contributed by atoms with E-state index in [-0.39, 0.29) is 5.56 Å². The van der Waals surface area contributed by atoms with Crippen LogP contribution < -0.4 is 4.74 Å². The second-order valence-corrected chi connectivity index (χ2v) is 3.18. The highest BCUT2D eigenvalue weighted by atomic mass is 19.1. The Hall–Kier alpha value is -1.91. The molecule has 0 saturated heterocycles. The van der Waals surface area contributed by atoms with Crippen LogP contribution in [0, 0.1) is 15.9 Å². The average Bonchev–Trinajstić information content (AvgIpc) is 2.60. The zero-order chi connectivity index (χ0) is 10.8. The third-order valence-electron chi connectivity index (χ3n) is 2.18. The molecule has 0 atom stereocenters. The van der Waals surface area contributed by atoms with Crippen LogP contribution in [0.25, 0.3) is 6.08 Å². The molecule has 0 amide bonds. The van der Waals surface area contributed by atoms with Gasteiger partial charge in [0.2, 0.25) is 6.20 Å². The van der Waals surface area contributed by atoms with E-state index in [1.165, 1.54) is 6.07 Å². The van der Waals surface area contributed by atoms with Gasteiger partial charge in [-0.15, -0.1) is 0 Å². The first-order chi connectivity index (χ1) is 7.16. The summed E-state index contributed by atoms with van der Waals surface area (Å²) in [5, 5.41) is 10.1. The Morgan fingerprint density at radius 1 is 1.53 bits per heavy atom. The molecule has 0 aromatic heterocycles. The van der Waals surface area contributed by atoms with Crippen LogP contribution in [0.15, 0.2) is 18.3 Å². The number of benzene rings is 1. The van der Waals surface area contributed by atoms with Crippen molar-refractivity contribution in [2.75, 3.05) is 6.61 Å². The van der Waals surface area contributed by atoms with Crippen LogP contribution in [0.5, 0.6) is 5.75 Å². The first kappa shape index (κ1) is 9.64. The third kappa shape index (κ3) is 1.96. The van der Waals surface area contributed by atoms with Crippen LogP contribution >= 0.6 is 0 Å². The van der Waals surface area contributed by atoms with Gasteiger partial charge in [-0.05, 0) is 11.6 Å². The monoisotopic (exact) mass is 209 g/mol. The van der Waals surface area contributed by atoms with E-state index < -0.39 is 10.7 Å². The predicted octanol–water partition coefficient (Wildman–Crippen LogP) is 2.01. The number of ether oxygens (including phenoxy) is 1. The number of hydrogen-bond acceptors (Lipinski definition) is 3. The molecule has 0 saturated carbocycles. The van der Waals surface area contributed by atoms with Gasteiger partial charge in [0, 0.05) is 24.1 Å². The van der Waals surface area contributed by atoms with Crippen LogP contribution in [0.3, 0.4) is 0 Å². The molecular weight excluding hydrogens is 201 g/mol. The average molecular weight is 209 g/mol. The lowest BCUT2D eigenvalue weighted by molar-refractivity contribution is -0.400. The first-order valence-corrected chi connectivity index (χ1v) is 4.44. The lowest BCUT2D eigenvalue weighted by Crippen LogP contribution is -1.88. The normalized spacial score (nSPS) is 13.9. The van der Waals surface area contributed by atoms with Crippen molar-refractivity contribution < 1.29 is 14.1 Å². The highest BCUT2D eigenvalue weighted by molar-refractivity contribution is 5.54. The van der Waals surface area contributed by atoms with Crippen molar-refractivity contribution in [3.63, 3.8) is 0 Å². The SMILES string of the molecule is O=[N+]([O-])C=Cc1cc2c(cc1F)OCC2. The summed E-state index contributed by atoms with van der Waals surface area (Å²) in [4.78, 5) is 9.47. The molecule has 0 unspecified atom stereocenters. The van der Waals surface area contributed by atoms with E-state index >= 15 is 0 Å². The highest BCUT2D eigenvalue weighted by Crippen LogP contribution is 2.28. The number of hydrogen-bond donors (Lipinski definition) is 0. The molecule has 1 heterocycles. The topological polar surface area (TPSA) is 52.4 Å². The summed E-state index contributed by atoms with van der Waals surface area (Å²) >= 11 is 0. The van der Waals surface area contributed by atoms with E-state index in [1.54, 1.807) is 6.07 Å². The van der Waals surface area contributed by atoms with Crippen molar-refractivity contribution in [2.24, 2.45) is 0 Å². The van der Waals surface area contributed by atoms with E-state index in [4.69, 9.17) is 4.74 Å². The van der Waals surface area contributed by atoms with Gasteiger partial charge in [0.15, 0.2) is 0 Å². The van der Waals surface area contributed by atoms with Gasteiger partial charge < -0.3 is 4.74 Å². The molecule has 78 valence electrons. The van der Waals surface area contributed by atoms with Gasteiger partial charge in [-0.1, -0.05) is 0 Å². The van der Waals surface area contributed by atoms with Gasteiger partial charge in [-0.3, -0.25) is 10.1 Å². The van der Waals surface area contributed by atoms with Crippen LogP contribution in [0.2, 0.25) is 0 Å². The van der Waals surface area contributed by atoms with Crippen molar-refractivity contribution in [3.8, 4) is 5.75 Å². The second-order valence-electron chi connectivity index (χ2n) is 3.18. The molecular formula is C10H8FNO3. The van der Waals surface area contributed by atoms with Gasteiger partial charge in [0.25, 0.3) is 0 Å². The largest absolute Gasteiger partial charge is 0.493 e. The van der Waals surface area contributed by atoms with Gasteiger partial charge in [0.05, 0.1) is 11.5 Å². The summed E-state index contributed by atoms with van der Waals surface area (Å²) in [5.41, 5.74) is 1.11. The Bertz CT molecular complexity index is 443. The Morgan fingerprint density at radius 3 is 3.07 bits per heavy atom. The highest BCUT2D eigenvalue weighted by Gasteiger charge is 2.15. The zero-order valence-corrected chi connectivity index (χ0v) is 7.77. The smallest absolute Gasteiger partial charge is 0.235 e. The molecule has 15 heavy (non-hydrogen) atoms. The minimum Gasteiger partial charge on any atom is -0.493 e. The summed E-state index contributed by atoms with van der Waals surface area (Å²) in [6, 6.07) is 2.85. The second kappa shape index (κ2) is 3.68. The van der Waals surface area contributed by atoms with Crippen molar-refractivity contribution in [3.05, 3.63) is 45.4 Å². The summed E-state index contributed by atoms with van der Waals surface area (Å²) in [6.07, 6.45) is 2.59. The Labute approximate surface area is 85.1 Å². The van der Waals surface area contributed by atoms with Gasteiger partial charge in [0.1, 0.15) is 11.6 Å². The summed E-state index contributed by atoms with van der Waals surface area (Å²) in [7, 11) is 0. The molecule has 5 heteroatoms.